The van der Waals surface area contributed by atoms with E-state index in [1.165, 1.54) is 5.56 Å². The van der Waals surface area contributed by atoms with Gasteiger partial charge in [0.05, 0.1) is 5.69 Å². The molecule has 1 amide bonds. The summed E-state index contributed by atoms with van der Waals surface area (Å²) < 4.78 is 3.59. The summed E-state index contributed by atoms with van der Waals surface area (Å²) in [6.45, 7) is 2.87. The number of benzene rings is 2. The average molecular weight is 427 g/mol. The molecule has 1 fully saturated rings. The number of nitrogens with one attached hydrogen (secondary N) is 1. The number of nitrogens with zero attached hydrogens (tertiary/aromatic N) is 5. The Morgan fingerprint density at radius 2 is 1.56 bits per heavy atom. The number of carbonyl (C=O) groups is 1. The molecule has 1 aliphatic heterocycles. The summed E-state index contributed by atoms with van der Waals surface area (Å²) in [4.78, 5) is 15.6. The van der Waals surface area contributed by atoms with Crippen molar-refractivity contribution in [1.29, 1.82) is 0 Å². The van der Waals surface area contributed by atoms with E-state index in [9.17, 15) is 4.79 Å². The molecule has 7 heteroatoms. The van der Waals surface area contributed by atoms with Crippen LogP contribution in [0.3, 0.4) is 0 Å². The van der Waals surface area contributed by atoms with Crippen LogP contribution in [-0.2, 0) is 6.54 Å². The second-order valence-corrected chi connectivity index (χ2v) is 8.11. The molecule has 1 N–H and O–H groups in total. The Bertz CT molecular complexity index is 1150. The van der Waals surface area contributed by atoms with E-state index < -0.39 is 0 Å². The minimum absolute atomic E-state index is 0.133. The molecule has 32 heavy (non-hydrogen) atoms. The highest BCUT2D eigenvalue weighted by Crippen LogP contribution is 2.19. The van der Waals surface area contributed by atoms with Gasteiger partial charge in [0.15, 0.2) is 11.5 Å². The first-order chi connectivity index (χ1) is 15.8. The monoisotopic (exact) mass is 426 g/mol. The van der Waals surface area contributed by atoms with Gasteiger partial charge >= 0.3 is 0 Å². The minimum Gasteiger partial charge on any atom is -0.348 e. The largest absolute Gasteiger partial charge is 0.348 e. The van der Waals surface area contributed by atoms with Gasteiger partial charge in [-0.3, -0.25) is 9.69 Å². The number of hydrogen-bond acceptors (Lipinski definition) is 4. The Hall–Kier alpha value is -3.71. The van der Waals surface area contributed by atoms with Crippen molar-refractivity contribution in [3.63, 3.8) is 0 Å². The molecule has 0 saturated carbocycles. The first-order valence-corrected chi connectivity index (χ1v) is 11.0. The van der Waals surface area contributed by atoms with Crippen molar-refractivity contribution in [3.05, 3.63) is 96.4 Å². The molecular weight excluding hydrogens is 400 g/mol. The SMILES string of the molecule is O=C(NC1CCN(Cc2ccccc2)CC1)c1nnn(-c2ccccc2)c1-n1cccc1. The van der Waals surface area contributed by atoms with Crippen molar-refractivity contribution in [1.82, 2.24) is 29.8 Å². The zero-order chi connectivity index (χ0) is 21.8. The van der Waals surface area contributed by atoms with Crippen LogP contribution in [0.5, 0.6) is 0 Å². The molecule has 0 radical (unpaired) electrons. The highest BCUT2D eigenvalue weighted by Gasteiger charge is 2.26. The van der Waals surface area contributed by atoms with Crippen LogP contribution in [-0.4, -0.2) is 49.5 Å². The predicted molar refractivity (Wildman–Crippen MR) is 123 cm³/mol. The van der Waals surface area contributed by atoms with Gasteiger partial charge in [0.2, 0.25) is 0 Å². The van der Waals surface area contributed by atoms with Crippen LogP contribution in [0, 0.1) is 0 Å². The zero-order valence-electron chi connectivity index (χ0n) is 17.8. The lowest BCUT2D eigenvalue weighted by Gasteiger charge is -2.32. The molecule has 0 spiro atoms. The molecular formula is C25H26N6O. The third-order valence-electron chi connectivity index (χ3n) is 5.88. The van der Waals surface area contributed by atoms with Crippen LogP contribution in [0.2, 0.25) is 0 Å². The normalized spacial score (nSPS) is 15.0. The fraction of sp³-hybridized carbons (Fsp3) is 0.240. The highest BCUT2D eigenvalue weighted by molar-refractivity contribution is 5.95. The fourth-order valence-electron chi connectivity index (χ4n) is 4.21. The lowest BCUT2D eigenvalue weighted by molar-refractivity contribution is 0.0904. The lowest BCUT2D eigenvalue weighted by Crippen LogP contribution is -2.44. The number of carbonyl (C=O) groups excluding carboxylic acids is 1. The molecule has 1 aliphatic rings. The van der Waals surface area contributed by atoms with Gasteiger partial charge in [-0.15, -0.1) is 5.10 Å². The molecule has 4 aromatic rings. The van der Waals surface area contributed by atoms with Crippen molar-refractivity contribution >= 4 is 5.91 Å². The Balaban J connectivity index is 1.29. The van der Waals surface area contributed by atoms with Crippen molar-refractivity contribution in [3.8, 4) is 11.5 Å². The summed E-state index contributed by atoms with van der Waals surface area (Å²) in [5.74, 6) is 0.456. The number of likely N-dealkylation sites (tertiary alicyclic amines) is 1. The number of piperidine rings is 1. The quantitative estimate of drug-likeness (QED) is 0.513. The Labute approximate surface area is 187 Å². The van der Waals surface area contributed by atoms with Gasteiger partial charge in [-0.05, 0) is 42.7 Å². The first-order valence-electron chi connectivity index (χ1n) is 11.0. The standard InChI is InChI=1S/C25H26N6O/c32-24(26-21-13-17-29(18-14-21)19-20-9-3-1-4-10-20)23-25(30-15-7-8-16-30)31(28-27-23)22-11-5-2-6-12-22/h1-12,15-16,21H,13-14,17-19H2,(H,26,32). The Morgan fingerprint density at radius 3 is 2.25 bits per heavy atom. The molecule has 2 aromatic carbocycles. The Morgan fingerprint density at radius 1 is 0.906 bits per heavy atom. The molecule has 162 valence electrons. The summed E-state index contributed by atoms with van der Waals surface area (Å²) in [6.07, 6.45) is 5.64. The van der Waals surface area contributed by atoms with Crippen molar-refractivity contribution in [2.45, 2.75) is 25.4 Å². The van der Waals surface area contributed by atoms with E-state index in [1.54, 1.807) is 4.68 Å². The van der Waals surface area contributed by atoms with E-state index in [4.69, 9.17) is 0 Å². The molecule has 2 aromatic heterocycles. The maximum Gasteiger partial charge on any atom is 0.275 e. The van der Waals surface area contributed by atoms with Crippen LogP contribution in [0.4, 0.5) is 0 Å². The second-order valence-electron chi connectivity index (χ2n) is 8.11. The second kappa shape index (κ2) is 9.20. The van der Waals surface area contributed by atoms with E-state index in [-0.39, 0.29) is 11.9 Å². The van der Waals surface area contributed by atoms with Gasteiger partial charge in [0, 0.05) is 38.1 Å². The van der Waals surface area contributed by atoms with E-state index >= 15 is 0 Å². The summed E-state index contributed by atoms with van der Waals surface area (Å²) in [6, 6.07) is 24.2. The van der Waals surface area contributed by atoms with Crippen molar-refractivity contribution in [2.24, 2.45) is 0 Å². The number of hydrogen-bond donors (Lipinski definition) is 1. The van der Waals surface area contributed by atoms with E-state index in [0.29, 0.717) is 11.5 Å². The summed E-state index contributed by atoms with van der Waals surface area (Å²) >= 11 is 0. The third kappa shape index (κ3) is 4.33. The number of amides is 1. The molecule has 1 saturated heterocycles. The van der Waals surface area contributed by atoms with E-state index in [1.807, 2.05) is 65.5 Å². The van der Waals surface area contributed by atoms with Gasteiger partial charge in [-0.25, -0.2) is 0 Å². The summed E-state index contributed by atoms with van der Waals surface area (Å²) in [5, 5.41) is 11.7. The minimum atomic E-state index is -0.183. The smallest absolute Gasteiger partial charge is 0.275 e. The maximum atomic E-state index is 13.2. The molecule has 0 aliphatic carbocycles. The lowest BCUT2D eigenvalue weighted by atomic mass is 10.0. The average Bonchev–Trinajstić information content (AvgIpc) is 3.51. The van der Waals surface area contributed by atoms with E-state index in [2.05, 4.69) is 44.8 Å². The van der Waals surface area contributed by atoms with Gasteiger partial charge in [-0.2, -0.15) is 4.68 Å². The maximum absolute atomic E-state index is 13.2. The number of para-hydroxylation sites is 1. The number of rotatable bonds is 6. The molecule has 0 unspecified atom stereocenters. The van der Waals surface area contributed by atoms with Crippen molar-refractivity contribution < 1.29 is 4.79 Å². The molecule has 7 nitrogen and oxygen atoms in total. The first kappa shape index (κ1) is 20.2. The summed E-state index contributed by atoms with van der Waals surface area (Å²) in [5.41, 5.74) is 2.51. The summed E-state index contributed by atoms with van der Waals surface area (Å²) in [7, 11) is 0. The third-order valence-corrected chi connectivity index (χ3v) is 5.88. The highest BCUT2D eigenvalue weighted by atomic mass is 16.2. The zero-order valence-corrected chi connectivity index (χ0v) is 17.8. The van der Waals surface area contributed by atoms with Crippen LogP contribution in [0.15, 0.2) is 85.2 Å². The van der Waals surface area contributed by atoms with Gasteiger partial charge < -0.3 is 9.88 Å². The van der Waals surface area contributed by atoms with Crippen LogP contribution in [0.25, 0.3) is 11.5 Å². The van der Waals surface area contributed by atoms with Crippen LogP contribution >= 0.6 is 0 Å². The number of aromatic nitrogens is 4. The van der Waals surface area contributed by atoms with Crippen molar-refractivity contribution in [2.75, 3.05) is 13.1 Å². The molecule has 0 bridgehead atoms. The van der Waals surface area contributed by atoms with Gasteiger partial charge in [0.25, 0.3) is 5.91 Å². The fourth-order valence-corrected chi connectivity index (χ4v) is 4.21. The van der Waals surface area contributed by atoms with Gasteiger partial charge in [-0.1, -0.05) is 53.7 Å². The molecule has 3 heterocycles. The molecule has 0 atom stereocenters. The molecule has 5 rings (SSSR count). The Kier molecular flexibility index (Phi) is 5.81. The van der Waals surface area contributed by atoms with Crippen LogP contribution in [0.1, 0.15) is 28.9 Å². The van der Waals surface area contributed by atoms with Crippen LogP contribution < -0.4 is 5.32 Å². The topological polar surface area (TPSA) is 68.0 Å². The van der Waals surface area contributed by atoms with Gasteiger partial charge in [0.1, 0.15) is 0 Å². The van der Waals surface area contributed by atoms with E-state index in [0.717, 1.165) is 38.2 Å². The predicted octanol–water partition coefficient (Wildman–Crippen LogP) is 3.45.